The number of hydrogen-bond donors (Lipinski definition) is 0. The van der Waals surface area contributed by atoms with E-state index in [1.165, 1.54) is 71.6 Å². The molecule has 2 heterocycles. The standard InChI is InChI=1S/C59H36N2O/c1-2-16-38(17-3-1)61-54-26-10-6-20-45(54)46-32-29-41(36-55(46)61)60(39-30-33-57-49(34-39)47-21-7-11-27-56(47)62-57)40-28-31-44-42-18-4-8-23-50(42)59(53(44)35-40)51-24-9-5-19-43(51)48-22-12-14-37-15-13-25-52(59)58(37)48/h1-36H. The zero-order valence-corrected chi connectivity index (χ0v) is 33.6. The summed E-state index contributed by atoms with van der Waals surface area (Å²) < 4.78 is 8.80. The minimum absolute atomic E-state index is 0.535. The minimum Gasteiger partial charge on any atom is -0.456 e. The molecule has 62 heavy (non-hydrogen) atoms. The molecule has 0 fully saturated rings. The highest BCUT2D eigenvalue weighted by atomic mass is 16.3. The number of nitrogens with zero attached hydrogens (tertiary/aromatic N) is 2. The van der Waals surface area contributed by atoms with Crippen LogP contribution >= 0.6 is 0 Å². The van der Waals surface area contributed by atoms with E-state index in [0.717, 1.165) is 50.2 Å². The van der Waals surface area contributed by atoms with Gasteiger partial charge in [0.15, 0.2) is 0 Å². The number of anilines is 3. The van der Waals surface area contributed by atoms with Crippen molar-refractivity contribution in [2.45, 2.75) is 5.41 Å². The average Bonchev–Trinajstić information content (AvgIpc) is 3.97. The second kappa shape index (κ2) is 12.4. The zero-order chi connectivity index (χ0) is 40.5. The quantitative estimate of drug-likeness (QED) is 0.177. The molecule has 14 rings (SSSR count). The van der Waals surface area contributed by atoms with Crippen LogP contribution in [0.25, 0.3) is 82.5 Å². The number of benzene rings is 10. The van der Waals surface area contributed by atoms with Gasteiger partial charge in [0.25, 0.3) is 0 Å². The largest absolute Gasteiger partial charge is 0.456 e. The molecular weight excluding hydrogens is 753 g/mol. The first kappa shape index (κ1) is 33.7. The number of aromatic nitrogens is 1. The molecule has 0 N–H and O–H groups in total. The van der Waals surface area contributed by atoms with Gasteiger partial charge in [-0.25, -0.2) is 0 Å². The first-order valence-electron chi connectivity index (χ1n) is 21.4. The molecule has 2 aliphatic carbocycles. The summed E-state index contributed by atoms with van der Waals surface area (Å²) in [5, 5.41) is 7.25. The van der Waals surface area contributed by atoms with Crippen molar-refractivity contribution in [2.75, 3.05) is 4.90 Å². The highest BCUT2D eigenvalue weighted by Gasteiger charge is 2.50. The summed E-state index contributed by atoms with van der Waals surface area (Å²) in [5.74, 6) is 0. The molecule has 1 spiro atoms. The highest BCUT2D eigenvalue weighted by molar-refractivity contribution is 6.12. The summed E-state index contributed by atoms with van der Waals surface area (Å²) in [6.07, 6.45) is 0. The van der Waals surface area contributed by atoms with Crippen molar-refractivity contribution in [1.29, 1.82) is 0 Å². The van der Waals surface area contributed by atoms with Gasteiger partial charge in [0.05, 0.1) is 16.4 Å². The lowest BCUT2D eigenvalue weighted by Crippen LogP contribution is -2.32. The van der Waals surface area contributed by atoms with Gasteiger partial charge in [-0.15, -0.1) is 0 Å². The molecule has 1 atom stereocenters. The van der Waals surface area contributed by atoms with Crippen molar-refractivity contribution in [1.82, 2.24) is 4.57 Å². The predicted octanol–water partition coefficient (Wildman–Crippen LogP) is 15.6. The minimum atomic E-state index is -0.535. The van der Waals surface area contributed by atoms with E-state index >= 15 is 0 Å². The molecule has 10 aromatic carbocycles. The fraction of sp³-hybridized carbons (Fsp3) is 0.0169. The zero-order valence-electron chi connectivity index (χ0n) is 33.6. The second-order valence-corrected chi connectivity index (χ2v) is 16.8. The third-order valence-electron chi connectivity index (χ3n) is 13.8. The first-order chi connectivity index (χ1) is 30.8. The molecule has 0 saturated carbocycles. The summed E-state index contributed by atoms with van der Waals surface area (Å²) in [7, 11) is 0. The van der Waals surface area contributed by atoms with Crippen LogP contribution < -0.4 is 4.90 Å². The molecular formula is C59H36N2O. The van der Waals surface area contributed by atoms with E-state index in [0.29, 0.717) is 0 Å². The maximum atomic E-state index is 6.39. The molecule has 2 aromatic heterocycles. The van der Waals surface area contributed by atoms with Crippen molar-refractivity contribution < 1.29 is 4.42 Å². The molecule has 2 aliphatic rings. The monoisotopic (exact) mass is 788 g/mol. The second-order valence-electron chi connectivity index (χ2n) is 16.8. The van der Waals surface area contributed by atoms with Gasteiger partial charge in [-0.1, -0.05) is 152 Å². The molecule has 0 radical (unpaired) electrons. The molecule has 0 bridgehead atoms. The highest BCUT2D eigenvalue weighted by Crippen LogP contribution is 2.62. The average molecular weight is 789 g/mol. The lowest BCUT2D eigenvalue weighted by Gasteiger charge is -2.40. The molecule has 3 heteroatoms. The topological polar surface area (TPSA) is 21.3 Å². The van der Waals surface area contributed by atoms with Crippen LogP contribution in [0.5, 0.6) is 0 Å². The number of para-hydroxylation sites is 3. The van der Waals surface area contributed by atoms with Crippen LogP contribution in [0.3, 0.4) is 0 Å². The Bertz CT molecular complexity index is 3830. The third-order valence-corrected chi connectivity index (χ3v) is 13.8. The lowest BCUT2D eigenvalue weighted by molar-refractivity contribution is 0.669. The maximum absolute atomic E-state index is 6.39. The number of furan rings is 1. The Morgan fingerprint density at radius 2 is 0.935 bits per heavy atom. The van der Waals surface area contributed by atoms with E-state index in [4.69, 9.17) is 4.42 Å². The van der Waals surface area contributed by atoms with E-state index in [1.54, 1.807) is 0 Å². The van der Waals surface area contributed by atoms with Gasteiger partial charge in [-0.2, -0.15) is 0 Å². The van der Waals surface area contributed by atoms with E-state index in [-0.39, 0.29) is 0 Å². The maximum Gasteiger partial charge on any atom is 0.135 e. The number of rotatable bonds is 4. The van der Waals surface area contributed by atoms with Gasteiger partial charge in [0.2, 0.25) is 0 Å². The molecule has 0 saturated heterocycles. The van der Waals surface area contributed by atoms with Gasteiger partial charge in [-0.05, 0) is 122 Å². The molecule has 0 amide bonds. The first-order valence-corrected chi connectivity index (χ1v) is 21.4. The van der Waals surface area contributed by atoms with Gasteiger partial charge < -0.3 is 13.9 Å². The number of fused-ring (bicyclic) bond motifs is 15. The van der Waals surface area contributed by atoms with Crippen LogP contribution in [0.2, 0.25) is 0 Å². The SMILES string of the molecule is c1ccc(-n2c3ccccc3c3ccc(N(c4ccc5c(c4)C4(c6ccccc6-5)c5ccccc5-c5cccc6cccc4c56)c4ccc5oc6ccccc6c5c4)cc32)cc1. The fourth-order valence-electron chi connectivity index (χ4n) is 11.3. The molecule has 3 nitrogen and oxygen atoms in total. The lowest BCUT2D eigenvalue weighted by atomic mass is 9.61. The van der Waals surface area contributed by atoms with E-state index < -0.39 is 5.41 Å². The van der Waals surface area contributed by atoms with Crippen molar-refractivity contribution in [3.63, 3.8) is 0 Å². The van der Waals surface area contributed by atoms with E-state index in [9.17, 15) is 0 Å². The Balaban J connectivity index is 1.08. The Hall–Kier alpha value is -8.14. The molecule has 288 valence electrons. The molecule has 1 unspecified atom stereocenters. The van der Waals surface area contributed by atoms with Crippen LogP contribution in [-0.4, -0.2) is 4.57 Å². The van der Waals surface area contributed by atoms with Crippen LogP contribution in [0.15, 0.2) is 223 Å². The van der Waals surface area contributed by atoms with Crippen molar-refractivity contribution in [3.05, 3.63) is 241 Å². The van der Waals surface area contributed by atoms with Gasteiger partial charge >= 0.3 is 0 Å². The Kier molecular flexibility index (Phi) is 6.76. The predicted molar refractivity (Wildman–Crippen MR) is 257 cm³/mol. The third kappa shape index (κ3) is 4.39. The van der Waals surface area contributed by atoms with Crippen LogP contribution in [0.4, 0.5) is 17.1 Å². The summed E-state index contributed by atoms with van der Waals surface area (Å²) in [5.41, 5.74) is 18.4. The fourth-order valence-corrected chi connectivity index (χ4v) is 11.3. The Morgan fingerprint density at radius 1 is 0.355 bits per heavy atom. The summed E-state index contributed by atoms with van der Waals surface area (Å²) in [6, 6.07) is 80.6. The Labute approximate surface area is 358 Å². The number of hydrogen-bond acceptors (Lipinski definition) is 2. The van der Waals surface area contributed by atoms with E-state index in [1.807, 2.05) is 6.07 Å². The summed E-state index contributed by atoms with van der Waals surface area (Å²) >= 11 is 0. The Morgan fingerprint density at radius 3 is 1.79 bits per heavy atom. The van der Waals surface area contributed by atoms with Crippen LogP contribution in [0.1, 0.15) is 22.3 Å². The van der Waals surface area contributed by atoms with Crippen molar-refractivity contribution >= 4 is 71.6 Å². The van der Waals surface area contributed by atoms with Gasteiger partial charge in [0.1, 0.15) is 11.2 Å². The normalized spacial score (nSPS) is 14.8. The smallest absolute Gasteiger partial charge is 0.135 e. The summed E-state index contributed by atoms with van der Waals surface area (Å²) in [4.78, 5) is 2.45. The van der Waals surface area contributed by atoms with E-state index in [2.05, 4.69) is 222 Å². The molecule has 12 aromatic rings. The van der Waals surface area contributed by atoms with Gasteiger partial charge in [-0.3, -0.25) is 0 Å². The molecule has 0 aliphatic heterocycles. The van der Waals surface area contributed by atoms with Gasteiger partial charge in [0, 0.05) is 44.3 Å². The summed E-state index contributed by atoms with van der Waals surface area (Å²) in [6.45, 7) is 0. The van der Waals surface area contributed by atoms with Crippen molar-refractivity contribution in [3.8, 4) is 27.9 Å². The van der Waals surface area contributed by atoms with Crippen molar-refractivity contribution in [2.24, 2.45) is 0 Å². The van der Waals surface area contributed by atoms with Crippen LogP contribution in [0, 0.1) is 0 Å². The van der Waals surface area contributed by atoms with Crippen LogP contribution in [-0.2, 0) is 5.41 Å².